The second-order valence-electron chi connectivity index (χ2n) is 8.26. The van der Waals surface area contributed by atoms with Crippen molar-refractivity contribution in [1.82, 2.24) is 5.43 Å². The van der Waals surface area contributed by atoms with Crippen molar-refractivity contribution in [3.05, 3.63) is 120 Å². The van der Waals surface area contributed by atoms with Crippen LogP contribution in [0.2, 0.25) is 0 Å². The summed E-state index contributed by atoms with van der Waals surface area (Å²) in [5.41, 5.74) is 4.31. The molecule has 0 bridgehead atoms. The minimum absolute atomic E-state index is 0.199. The number of carbonyl (C=O) groups excluding carboxylic acids is 1. The van der Waals surface area contributed by atoms with Gasteiger partial charge in [0.2, 0.25) is 0 Å². The van der Waals surface area contributed by atoms with Crippen LogP contribution in [-0.2, 0) is 10.0 Å². The fourth-order valence-electron chi connectivity index (χ4n) is 4.12. The van der Waals surface area contributed by atoms with Crippen LogP contribution in [0, 0.1) is 0 Å². The number of fused-ring (bicyclic) bond motifs is 2. The molecule has 36 heavy (non-hydrogen) atoms. The van der Waals surface area contributed by atoms with E-state index in [1.807, 2.05) is 48.5 Å². The molecule has 0 aliphatic carbocycles. The second-order valence-corrected chi connectivity index (χ2v) is 10.2. The second kappa shape index (κ2) is 9.64. The topological polar surface area (TPSA) is 78.8 Å². The normalized spacial score (nSPS) is 11.7. The number of nitrogens with zero attached hydrogens (tertiary/aromatic N) is 2. The molecule has 0 saturated carbocycles. The van der Waals surface area contributed by atoms with E-state index < -0.39 is 15.9 Å². The molecule has 0 fully saturated rings. The molecule has 1 amide bonds. The fourth-order valence-corrected chi connectivity index (χ4v) is 5.34. The summed E-state index contributed by atoms with van der Waals surface area (Å²) in [6.07, 6.45) is 1.66. The average molecular weight is 494 g/mol. The van der Waals surface area contributed by atoms with Gasteiger partial charge in [0.1, 0.15) is 0 Å². The van der Waals surface area contributed by atoms with E-state index in [-0.39, 0.29) is 4.90 Å². The number of sulfonamides is 1. The van der Waals surface area contributed by atoms with E-state index in [2.05, 4.69) is 16.6 Å². The van der Waals surface area contributed by atoms with Crippen molar-refractivity contribution in [2.24, 2.45) is 5.10 Å². The number of amides is 1. The van der Waals surface area contributed by atoms with Gasteiger partial charge >= 0.3 is 0 Å². The number of carbonyl (C=O) groups is 1. The van der Waals surface area contributed by atoms with E-state index in [0.29, 0.717) is 11.3 Å². The Balaban J connectivity index is 1.35. The van der Waals surface area contributed by atoms with Crippen LogP contribution in [0.25, 0.3) is 21.5 Å². The van der Waals surface area contributed by atoms with Gasteiger partial charge in [-0.05, 0) is 64.0 Å². The molecule has 0 radical (unpaired) electrons. The van der Waals surface area contributed by atoms with Crippen molar-refractivity contribution in [2.45, 2.75) is 4.90 Å². The van der Waals surface area contributed by atoms with Crippen molar-refractivity contribution in [1.29, 1.82) is 0 Å². The summed E-state index contributed by atoms with van der Waals surface area (Å²) < 4.78 is 26.9. The third-order valence-corrected chi connectivity index (χ3v) is 7.87. The standard InChI is InChI=1S/C29H23N3O3S/c1-32(36(34,35)25-11-3-2-4-12-25)24-17-15-21(16-18-24)29(33)31-30-20-28-26-13-7-5-9-22(26)19-23-10-6-8-14-27(23)28/h2-20H,1H3,(H,31,33)/b30-20-. The molecule has 0 spiro atoms. The summed E-state index contributed by atoms with van der Waals surface area (Å²) in [5, 5.41) is 8.49. The van der Waals surface area contributed by atoms with Crippen molar-refractivity contribution >= 4 is 49.4 Å². The van der Waals surface area contributed by atoms with E-state index >= 15 is 0 Å². The molecule has 0 heterocycles. The first-order valence-electron chi connectivity index (χ1n) is 11.3. The van der Waals surface area contributed by atoms with Gasteiger partial charge in [0.05, 0.1) is 16.8 Å². The first kappa shape index (κ1) is 23.3. The number of rotatable bonds is 6. The average Bonchev–Trinajstić information content (AvgIpc) is 2.92. The van der Waals surface area contributed by atoms with E-state index in [1.54, 1.807) is 60.8 Å². The van der Waals surface area contributed by atoms with Gasteiger partial charge in [-0.1, -0.05) is 66.7 Å². The Bertz CT molecular complexity index is 1640. The van der Waals surface area contributed by atoms with Crippen LogP contribution in [0.3, 0.4) is 0 Å². The Morgan fingerprint density at radius 1 is 0.778 bits per heavy atom. The third-order valence-electron chi connectivity index (χ3n) is 6.07. The Kier molecular flexibility index (Phi) is 6.23. The number of anilines is 1. The van der Waals surface area contributed by atoms with E-state index in [4.69, 9.17) is 0 Å². The van der Waals surface area contributed by atoms with Gasteiger partial charge in [0.25, 0.3) is 15.9 Å². The smallest absolute Gasteiger partial charge is 0.269 e. The lowest BCUT2D eigenvalue weighted by atomic mass is 9.97. The van der Waals surface area contributed by atoms with Crippen LogP contribution in [-0.4, -0.2) is 27.6 Å². The largest absolute Gasteiger partial charge is 0.271 e. The molecule has 5 aromatic rings. The highest BCUT2D eigenvalue weighted by atomic mass is 32.2. The van der Waals surface area contributed by atoms with Gasteiger partial charge < -0.3 is 0 Å². The Labute approximate surface area is 209 Å². The molecule has 0 saturated heterocycles. The van der Waals surface area contributed by atoms with Gasteiger partial charge in [-0.15, -0.1) is 0 Å². The number of hydrogen-bond donors (Lipinski definition) is 1. The predicted octanol–water partition coefficient (Wildman–Crippen LogP) is 5.58. The summed E-state index contributed by atoms with van der Waals surface area (Å²) in [6, 6.07) is 32.8. The minimum atomic E-state index is -3.70. The molecule has 5 aromatic carbocycles. The van der Waals surface area contributed by atoms with E-state index in [9.17, 15) is 13.2 Å². The van der Waals surface area contributed by atoms with Gasteiger partial charge in [0.15, 0.2) is 0 Å². The molecular weight excluding hydrogens is 470 g/mol. The van der Waals surface area contributed by atoms with Crippen molar-refractivity contribution in [3.63, 3.8) is 0 Å². The lowest BCUT2D eigenvalue weighted by Gasteiger charge is -2.19. The Morgan fingerprint density at radius 2 is 1.33 bits per heavy atom. The SMILES string of the molecule is CN(c1ccc(C(=O)N/N=C\c2c3ccccc3cc3ccccc23)cc1)S(=O)(=O)c1ccccc1. The molecule has 178 valence electrons. The van der Waals surface area contributed by atoms with E-state index in [1.165, 1.54) is 11.4 Å². The fraction of sp³-hybridized carbons (Fsp3) is 0.0345. The predicted molar refractivity (Wildman–Crippen MR) is 145 cm³/mol. The molecule has 0 aromatic heterocycles. The summed E-state index contributed by atoms with van der Waals surface area (Å²) in [7, 11) is -2.21. The van der Waals surface area contributed by atoms with Crippen LogP contribution >= 0.6 is 0 Å². The van der Waals surface area contributed by atoms with Crippen molar-refractivity contribution in [2.75, 3.05) is 11.4 Å². The molecule has 6 nitrogen and oxygen atoms in total. The maximum absolute atomic E-state index is 12.8. The Morgan fingerprint density at radius 3 is 1.94 bits per heavy atom. The highest BCUT2D eigenvalue weighted by molar-refractivity contribution is 7.92. The molecule has 1 N–H and O–H groups in total. The maximum atomic E-state index is 12.8. The zero-order chi connectivity index (χ0) is 25.1. The van der Waals surface area contributed by atoms with Gasteiger partial charge in [-0.2, -0.15) is 5.10 Å². The van der Waals surface area contributed by atoms with E-state index in [0.717, 1.165) is 27.1 Å². The molecule has 5 rings (SSSR count). The minimum Gasteiger partial charge on any atom is -0.269 e. The van der Waals surface area contributed by atoms with Crippen molar-refractivity contribution < 1.29 is 13.2 Å². The van der Waals surface area contributed by atoms with Gasteiger partial charge in [-0.25, -0.2) is 13.8 Å². The van der Waals surface area contributed by atoms with Gasteiger partial charge in [0, 0.05) is 18.2 Å². The van der Waals surface area contributed by atoms with Gasteiger partial charge in [-0.3, -0.25) is 9.10 Å². The van der Waals surface area contributed by atoms with Crippen LogP contribution in [0.1, 0.15) is 15.9 Å². The van der Waals surface area contributed by atoms with Crippen LogP contribution < -0.4 is 9.73 Å². The summed E-state index contributed by atoms with van der Waals surface area (Å²) >= 11 is 0. The number of benzene rings is 5. The third kappa shape index (κ3) is 4.44. The first-order valence-corrected chi connectivity index (χ1v) is 12.8. The number of nitrogens with one attached hydrogen (secondary N) is 1. The molecule has 7 heteroatoms. The molecule has 0 aliphatic heterocycles. The lowest BCUT2D eigenvalue weighted by Crippen LogP contribution is -2.26. The van der Waals surface area contributed by atoms with Crippen LogP contribution in [0.4, 0.5) is 5.69 Å². The zero-order valence-electron chi connectivity index (χ0n) is 19.5. The maximum Gasteiger partial charge on any atom is 0.271 e. The monoisotopic (exact) mass is 493 g/mol. The summed E-state index contributed by atoms with van der Waals surface area (Å²) in [5.74, 6) is -0.393. The molecule has 0 atom stereocenters. The lowest BCUT2D eigenvalue weighted by molar-refractivity contribution is 0.0955. The Hall–Kier alpha value is -4.49. The van der Waals surface area contributed by atoms with Crippen LogP contribution in [0.15, 0.2) is 119 Å². The summed E-state index contributed by atoms with van der Waals surface area (Å²) in [6.45, 7) is 0. The highest BCUT2D eigenvalue weighted by Gasteiger charge is 2.21. The number of hydrazone groups is 1. The number of hydrogen-bond acceptors (Lipinski definition) is 4. The molecular formula is C29H23N3O3S. The quantitative estimate of drug-likeness (QED) is 0.190. The highest BCUT2D eigenvalue weighted by Crippen LogP contribution is 2.27. The first-order chi connectivity index (χ1) is 17.4. The summed E-state index contributed by atoms with van der Waals surface area (Å²) in [4.78, 5) is 12.9. The zero-order valence-corrected chi connectivity index (χ0v) is 20.3. The van der Waals surface area contributed by atoms with Crippen molar-refractivity contribution in [3.8, 4) is 0 Å². The molecule has 0 aliphatic rings. The molecule has 0 unspecified atom stereocenters. The van der Waals surface area contributed by atoms with Crippen LogP contribution in [0.5, 0.6) is 0 Å².